The standard InChI is InChI=1S/C18H21NO2S/c1-14(18(20)21-12-15-6-3-2-4-7-15)22-13-17-9-5-8-16(10-17)11-19/h2-10,14H,11-13,19H2,1H3. The van der Waals surface area contributed by atoms with Crippen LogP contribution in [0, 0.1) is 0 Å². The van der Waals surface area contributed by atoms with Gasteiger partial charge in [0, 0.05) is 12.3 Å². The second-order valence-corrected chi connectivity index (χ2v) is 6.40. The Kier molecular flexibility index (Phi) is 6.49. The second kappa shape index (κ2) is 8.61. The van der Waals surface area contributed by atoms with Gasteiger partial charge in [-0.2, -0.15) is 0 Å². The molecule has 4 heteroatoms. The van der Waals surface area contributed by atoms with E-state index in [1.54, 1.807) is 11.8 Å². The van der Waals surface area contributed by atoms with E-state index in [1.165, 1.54) is 5.56 Å². The monoisotopic (exact) mass is 315 g/mol. The average Bonchev–Trinajstić information content (AvgIpc) is 2.58. The summed E-state index contributed by atoms with van der Waals surface area (Å²) in [6, 6.07) is 17.8. The summed E-state index contributed by atoms with van der Waals surface area (Å²) in [4.78, 5) is 12.0. The number of hydrogen-bond donors (Lipinski definition) is 1. The van der Waals surface area contributed by atoms with E-state index in [0.717, 1.165) is 16.9 Å². The first-order valence-electron chi connectivity index (χ1n) is 7.29. The molecule has 0 bridgehead atoms. The Morgan fingerprint density at radius 1 is 1.09 bits per heavy atom. The highest BCUT2D eigenvalue weighted by atomic mass is 32.2. The molecule has 2 aromatic carbocycles. The number of rotatable bonds is 7. The van der Waals surface area contributed by atoms with Gasteiger partial charge < -0.3 is 10.5 Å². The van der Waals surface area contributed by atoms with Gasteiger partial charge in [-0.3, -0.25) is 4.79 Å². The van der Waals surface area contributed by atoms with Gasteiger partial charge in [0.15, 0.2) is 0 Å². The van der Waals surface area contributed by atoms with Crippen LogP contribution in [-0.4, -0.2) is 11.2 Å². The molecule has 2 N–H and O–H groups in total. The van der Waals surface area contributed by atoms with Gasteiger partial charge in [0.05, 0.1) is 5.25 Å². The fourth-order valence-corrected chi connectivity index (χ4v) is 2.81. The normalized spacial score (nSPS) is 11.9. The Bertz CT molecular complexity index is 601. The summed E-state index contributed by atoms with van der Waals surface area (Å²) in [5.74, 6) is 0.596. The smallest absolute Gasteiger partial charge is 0.319 e. The maximum Gasteiger partial charge on any atom is 0.319 e. The molecule has 0 heterocycles. The minimum absolute atomic E-state index is 0.177. The van der Waals surface area contributed by atoms with E-state index in [9.17, 15) is 4.79 Å². The van der Waals surface area contributed by atoms with Crippen LogP contribution in [0.5, 0.6) is 0 Å². The van der Waals surface area contributed by atoms with Crippen LogP contribution in [0.3, 0.4) is 0 Å². The molecule has 116 valence electrons. The Morgan fingerprint density at radius 2 is 1.77 bits per heavy atom. The van der Waals surface area contributed by atoms with Crippen LogP contribution >= 0.6 is 11.8 Å². The number of ether oxygens (including phenoxy) is 1. The molecule has 1 atom stereocenters. The van der Waals surface area contributed by atoms with Crippen LogP contribution in [0.2, 0.25) is 0 Å². The zero-order valence-electron chi connectivity index (χ0n) is 12.7. The third-order valence-electron chi connectivity index (χ3n) is 3.28. The lowest BCUT2D eigenvalue weighted by Gasteiger charge is -2.12. The fraction of sp³-hybridized carbons (Fsp3) is 0.278. The van der Waals surface area contributed by atoms with Crippen LogP contribution in [0.25, 0.3) is 0 Å². The number of hydrogen-bond acceptors (Lipinski definition) is 4. The zero-order chi connectivity index (χ0) is 15.8. The average molecular weight is 315 g/mol. The molecule has 0 spiro atoms. The molecule has 3 nitrogen and oxygen atoms in total. The lowest BCUT2D eigenvalue weighted by Crippen LogP contribution is -2.17. The van der Waals surface area contributed by atoms with E-state index < -0.39 is 0 Å². The van der Waals surface area contributed by atoms with E-state index in [4.69, 9.17) is 10.5 Å². The van der Waals surface area contributed by atoms with Crippen molar-refractivity contribution in [1.82, 2.24) is 0 Å². The van der Waals surface area contributed by atoms with Crippen molar-refractivity contribution in [2.24, 2.45) is 5.73 Å². The molecule has 0 aliphatic rings. The third-order valence-corrected chi connectivity index (χ3v) is 4.48. The first-order chi connectivity index (χ1) is 10.7. The van der Waals surface area contributed by atoms with Crippen LogP contribution in [0.15, 0.2) is 54.6 Å². The minimum atomic E-state index is -0.190. The summed E-state index contributed by atoms with van der Waals surface area (Å²) in [6.45, 7) is 2.74. The predicted molar refractivity (Wildman–Crippen MR) is 91.3 cm³/mol. The van der Waals surface area contributed by atoms with Gasteiger partial charge in [-0.15, -0.1) is 11.8 Å². The number of benzene rings is 2. The van der Waals surface area contributed by atoms with E-state index in [-0.39, 0.29) is 11.2 Å². The SMILES string of the molecule is CC(SCc1cccc(CN)c1)C(=O)OCc1ccccc1. The van der Waals surface area contributed by atoms with Gasteiger partial charge in [-0.05, 0) is 23.6 Å². The Balaban J connectivity index is 1.78. The molecule has 22 heavy (non-hydrogen) atoms. The highest BCUT2D eigenvalue weighted by Gasteiger charge is 2.15. The van der Waals surface area contributed by atoms with Gasteiger partial charge >= 0.3 is 5.97 Å². The van der Waals surface area contributed by atoms with Crippen molar-refractivity contribution in [2.75, 3.05) is 0 Å². The van der Waals surface area contributed by atoms with Crippen molar-refractivity contribution in [3.8, 4) is 0 Å². The topological polar surface area (TPSA) is 52.3 Å². The maximum absolute atomic E-state index is 12.0. The van der Waals surface area contributed by atoms with E-state index in [1.807, 2.05) is 55.5 Å². The van der Waals surface area contributed by atoms with Crippen molar-refractivity contribution < 1.29 is 9.53 Å². The predicted octanol–water partition coefficient (Wildman–Crippen LogP) is 3.51. The number of thioether (sulfide) groups is 1. The Morgan fingerprint density at radius 3 is 2.50 bits per heavy atom. The largest absolute Gasteiger partial charge is 0.460 e. The second-order valence-electron chi connectivity index (χ2n) is 5.07. The van der Waals surface area contributed by atoms with Gasteiger partial charge in [0.1, 0.15) is 6.61 Å². The van der Waals surface area contributed by atoms with E-state index >= 15 is 0 Å². The quantitative estimate of drug-likeness (QED) is 0.794. The van der Waals surface area contributed by atoms with Crippen LogP contribution in [0.4, 0.5) is 0 Å². The van der Waals surface area contributed by atoms with Crippen molar-refractivity contribution in [3.05, 3.63) is 71.3 Å². The third kappa shape index (κ3) is 5.20. The van der Waals surface area contributed by atoms with Gasteiger partial charge in [0.25, 0.3) is 0 Å². The summed E-state index contributed by atoms with van der Waals surface area (Å²) in [5, 5.41) is -0.190. The molecule has 0 radical (unpaired) electrons. The van der Waals surface area contributed by atoms with Crippen molar-refractivity contribution in [3.63, 3.8) is 0 Å². The van der Waals surface area contributed by atoms with E-state index in [0.29, 0.717) is 13.2 Å². The van der Waals surface area contributed by atoms with Gasteiger partial charge in [-0.25, -0.2) is 0 Å². The minimum Gasteiger partial charge on any atom is -0.460 e. The van der Waals surface area contributed by atoms with Crippen LogP contribution in [0.1, 0.15) is 23.6 Å². The molecule has 2 rings (SSSR count). The number of carbonyl (C=O) groups is 1. The summed E-state index contributed by atoms with van der Waals surface area (Å²) in [6.07, 6.45) is 0. The summed E-state index contributed by atoms with van der Waals surface area (Å²) < 4.78 is 5.34. The van der Waals surface area contributed by atoms with Gasteiger partial charge in [0.2, 0.25) is 0 Å². The summed E-state index contributed by atoms with van der Waals surface area (Å²) in [7, 11) is 0. The lowest BCUT2D eigenvalue weighted by molar-refractivity contribution is -0.143. The molecule has 2 aromatic rings. The Hall–Kier alpha value is -1.78. The van der Waals surface area contributed by atoms with Crippen LogP contribution < -0.4 is 5.73 Å². The molecule has 0 saturated carbocycles. The molecular formula is C18H21NO2S. The highest BCUT2D eigenvalue weighted by Crippen LogP contribution is 2.20. The highest BCUT2D eigenvalue weighted by molar-refractivity contribution is 7.99. The summed E-state index contributed by atoms with van der Waals surface area (Å²) in [5.41, 5.74) is 8.93. The van der Waals surface area contributed by atoms with Crippen molar-refractivity contribution in [2.45, 2.75) is 31.1 Å². The summed E-state index contributed by atoms with van der Waals surface area (Å²) >= 11 is 1.58. The number of nitrogens with two attached hydrogens (primary N) is 1. The molecule has 0 amide bonds. The molecular weight excluding hydrogens is 294 g/mol. The van der Waals surface area contributed by atoms with Crippen molar-refractivity contribution >= 4 is 17.7 Å². The molecule has 0 saturated heterocycles. The Labute approximate surface area is 135 Å². The maximum atomic E-state index is 12.0. The fourth-order valence-electron chi connectivity index (χ4n) is 1.98. The molecule has 0 aliphatic carbocycles. The number of esters is 1. The van der Waals surface area contributed by atoms with E-state index in [2.05, 4.69) is 6.07 Å². The lowest BCUT2D eigenvalue weighted by atomic mass is 10.1. The van der Waals surface area contributed by atoms with Gasteiger partial charge in [-0.1, -0.05) is 54.6 Å². The first-order valence-corrected chi connectivity index (χ1v) is 8.34. The molecule has 1 unspecified atom stereocenters. The van der Waals surface area contributed by atoms with Crippen LogP contribution in [-0.2, 0) is 28.4 Å². The molecule has 0 aromatic heterocycles. The molecule has 0 fully saturated rings. The zero-order valence-corrected chi connectivity index (χ0v) is 13.5. The first kappa shape index (κ1) is 16.6. The molecule has 0 aliphatic heterocycles. The number of carbonyl (C=O) groups excluding carboxylic acids is 1. The van der Waals surface area contributed by atoms with Crippen molar-refractivity contribution in [1.29, 1.82) is 0 Å².